The van der Waals surface area contributed by atoms with Crippen LogP contribution in [0.5, 0.6) is 5.75 Å². The maximum atomic E-state index is 6.11. The van der Waals surface area contributed by atoms with Gasteiger partial charge in [-0.1, -0.05) is 122 Å². The Balaban J connectivity index is 1.49. The second-order valence-corrected chi connectivity index (χ2v) is 13.4. The lowest BCUT2D eigenvalue weighted by Crippen LogP contribution is -2.02. The molecule has 0 spiro atoms. The van der Waals surface area contributed by atoms with Gasteiger partial charge in [-0.3, -0.25) is 0 Å². The molecule has 3 nitrogen and oxygen atoms in total. The summed E-state index contributed by atoms with van der Waals surface area (Å²) in [6.45, 7) is 6.28. The number of nitrogens with zero attached hydrogens (tertiary/aromatic N) is 2. The smallest absolute Gasteiger partial charge is 0.141 e. The molecule has 0 fully saturated rings. The van der Waals surface area contributed by atoms with E-state index in [1.807, 2.05) is 0 Å². The maximum absolute atomic E-state index is 6.11. The van der Waals surface area contributed by atoms with Gasteiger partial charge in [0.2, 0.25) is 0 Å². The van der Waals surface area contributed by atoms with Crippen molar-refractivity contribution in [2.45, 2.75) is 97.4 Å². The van der Waals surface area contributed by atoms with Crippen LogP contribution in [0.25, 0.3) is 44.0 Å². The molecule has 1 aromatic heterocycles. The number of fused-ring (bicyclic) bond motifs is 6. The van der Waals surface area contributed by atoms with Crippen LogP contribution in [0.2, 0.25) is 0 Å². The number of rotatable bonds is 16. The number of unbranched alkanes of at least 4 members (excludes halogenated alkanes) is 10. The Morgan fingerprint density at radius 2 is 1.19 bits per heavy atom. The summed E-state index contributed by atoms with van der Waals surface area (Å²) in [4.78, 5) is 5.38. The molecule has 0 atom stereocenters. The first kappa shape index (κ1) is 31.1. The number of aromatic nitrogens is 2. The van der Waals surface area contributed by atoms with Gasteiger partial charge in [0.15, 0.2) is 0 Å². The lowest BCUT2D eigenvalue weighted by molar-refractivity contribution is 0.304. The van der Waals surface area contributed by atoms with Gasteiger partial charge in [-0.05, 0) is 72.1 Å². The molecule has 0 unspecified atom stereocenters. The van der Waals surface area contributed by atoms with E-state index in [0.717, 1.165) is 57.6 Å². The highest BCUT2D eigenvalue weighted by molar-refractivity contribution is 9.10. The Labute approximate surface area is 268 Å². The summed E-state index contributed by atoms with van der Waals surface area (Å²) in [5.74, 6) is 1.98. The van der Waals surface area contributed by atoms with Crippen LogP contribution >= 0.6 is 31.9 Å². The van der Waals surface area contributed by atoms with Crippen molar-refractivity contribution in [3.8, 4) is 17.1 Å². The zero-order valence-corrected chi connectivity index (χ0v) is 28.4. The lowest BCUT2D eigenvalue weighted by Gasteiger charge is -2.13. The van der Waals surface area contributed by atoms with E-state index in [1.54, 1.807) is 0 Å². The van der Waals surface area contributed by atoms with Crippen molar-refractivity contribution in [2.24, 2.45) is 0 Å². The molecule has 4 aromatic carbocycles. The van der Waals surface area contributed by atoms with Gasteiger partial charge in [-0.25, -0.2) is 4.98 Å². The molecule has 0 bridgehead atoms. The second-order valence-electron chi connectivity index (χ2n) is 11.6. The molecule has 0 radical (unpaired) electrons. The van der Waals surface area contributed by atoms with E-state index in [2.05, 4.69) is 111 Å². The minimum absolute atomic E-state index is 0.783. The van der Waals surface area contributed by atoms with Gasteiger partial charge in [0.05, 0.1) is 17.6 Å². The van der Waals surface area contributed by atoms with Crippen LogP contribution in [0.1, 0.15) is 90.9 Å². The van der Waals surface area contributed by atoms with Crippen molar-refractivity contribution in [1.29, 1.82) is 0 Å². The van der Waals surface area contributed by atoms with E-state index in [4.69, 9.17) is 9.72 Å². The van der Waals surface area contributed by atoms with Crippen LogP contribution in [-0.2, 0) is 6.54 Å². The van der Waals surface area contributed by atoms with Crippen molar-refractivity contribution in [1.82, 2.24) is 9.55 Å². The summed E-state index contributed by atoms with van der Waals surface area (Å²) in [5, 5.41) is 4.92. The van der Waals surface area contributed by atoms with Crippen LogP contribution in [-0.4, -0.2) is 16.2 Å². The van der Waals surface area contributed by atoms with E-state index in [-0.39, 0.29) is 0 Å². The molecule has 0 saturated heterocycles. The number of hydrogen-bond donors (Lipinski definition) is 0. The van der Waals surface area contributed by atoms with Gasteiger partial charge in [-0.2, -0.15) is 0 Å². The molecule has 5 heteroatoms. The molecule has 42 heavy (non-hydrogen) atoms. The molecule has 0 aliphatic carbocycles. The third-order valence-electron chi connectivity index (χ3n) is 8.35. The molecule has 1 heterocycles. The molecule has 0 saturated carbocycles. The van der Waals surface area contributed by atoms with Gasteiger partial charge in [0, 0.05) is 31.8 Å². The largest absolute Gasteiger partial charge is 0.494 e. The fourth-order valence-electron chi connectivity index (χ4n) is 6.07. The van der Waals surface area contributed by atoms with Crippen molar-refractivity contribution in [2.75, 3.05) is 6.61 Å². The van der Waals surface area contributed by atoms with E-state index in [1.165, 1.54) is 91.3 Å². The molecular weight excluding hydrogens is 648 g/mol. The molecular formula is C37H44Br2N2O. The van der Waals surface area contributed by atoms with Gasteiger partial charge >= 0.3 is 0 Å². The van der Waals surface area contributed by atoms with Crippen molar-refractivity contribution in [3.63, 3.8) is 0 Å². The average Bonchev–Trinajstić information content (AvgIpc) is 3.38. The van der Waals surface area contributed by atoms with Crippen molar-refractivity contribution in [3.05, 3.63) is 69.6 Å². The Morgan fingerprint density at radius 3 is 1.86 bits per heavy atom. The number of imidazole rings is 1. The molecule has 0 amide bonds. The van der Waals surface area contributed by atoms with Crippen molar-refractivity contribution < 1.29 is 4.74 Å². The van der Waals surface area contributed by atoms with Crippen LogP contribution in [0.3, 0.4) is 0 Å². The van der Waals surface area contributed by atoms with Crippen LogP contribution in [0, 0.1) is 0 Å². The number of aryl methyl sites for hydroxylation is 1. The third kappa shape index (κ3) is 7.39. The van der Waals surface area contributed by atoms with Crippen molar-refractivity contribution >= 4 is 64.4 Å². The second kappa shape index (κ2) is 15.4. The summed E-state index contributed by atoms with van der Waals surface area (Å²) in [6, 6.07) is 21.8. The quantitative estimate of drug-likeness (QED) is 0.0760. The highest BCUT2D eigenvalue weighted by atomic mass is 79.9. The fraction of sp³-hybridized carbons (Fsp3) is 0.432. The van der Waals surface area contributed by atoms with E-state index < -0.39 is 0 Å². The first-order valence-electron chi connectivity index (χ1n) is 16.0. The average molecular weight is 693 g/mol. The Morgan fingerprint density at radius 1 is 0.619 bits per heavy atom. The summed E-state index contributed by atoms with van der Waals surface area (Å²) in [6.07, 6.45) is 15.3. The lowest BCUT2D eigenvalue weighted by atomic mass is 10.00. The first-order chi connectivity index (χ1) is 20.6. The predicted molar refractivity (Wildman–Crippen MR) is 188 cm³/mol. The topological polar surface area (TPSA) is 27.1 Å². The number of halogens is 2. The van der Waals surface area contributed by atoms with Gasteiger partial charge in [-0.15, -0.1) is 0 Å². The molecule has 0 aliphatic heterocycles. The van der Waals surface area contributed by atoms with Gasteiger partial charge in [0.1, 0.15) is 11.6 Å². The van der Waals surface area contributed by atoms with E-state index >= 15 is 0 Å². The molecule has 0 aliphatic rings. The van der Waals surface area contributed by atoms with E-state index in [0.29, 0.717) is 0 Å². The summed E-state index contributed by atoms with van der Waals surface area (Å²) in [5.41, 5.74) is 3.45. The Bertz CT molecular complexity index is 1610. The highest BCUT2D eigenvalue weighted by Crippen LogP contribution is 2.40. The van der Waals surface area contributed by atoms with Crippen LogP contribution < -0.4 is 4.74 Å². The molecule has 222 valence electrons. The van der Waals surface area contributed by atoms with Gasteiger partial charge in [0.25, 0.3) is 0 Å². The number of hydrogen-bond acceptors (Lipinski definition) is 2. The summed E-state index contributed by atoms with van der Waals surface area (Å²) >= 11 is 7.44. The van der Waals surface area contributed by atoms with E-state index in [9.17, 15) is 0 Å². The summed E-state index contributed by atoms with van der Waals surface area (Å²) < 4.78 is 10.8. The zero-order valence-electron chi connectivity index (χ0n) is 25.2. The normalized spacial score (nSPS) is 11.7. The minimum atomic E-state index is 0.783. The number of ether oxygens (including phenoxy) is 1. The Hall–Kier alpha value is -2.37. The molecule has 0 N–H and O–H groups in total. The Kier molecular flexibility index (Phi) is 11.4. The molecule has 5 rings (SSSR count). The highest BCUT2D eigenvalue weighted by Gasteiger charge is 2.19. The summed E-state index contributed by atoms with van der Waals surface area (Å²) in [7, 11) is 0. The minimum Gasteiger partial charge on any atom is -0.494 e. The SMILES string of the molecule is CCCCCCCCOc1ccc(-c2nc3c4ccc(Br)cc4c4cc(Br)ccc4c3n2CCCCCCCC)cc1. The predicted octanol–water partition coefficient (Wildman–Crippen LogP) is 12.6. The van der Waals surface area contributed by atoms with Crippen LogP contribution in [0.15, 0.2) is 69.6 Å². The maximum Gasteiger partial charge on any atom is 0.141 e. The number of benzene rings is 4. The van der Waals surface area contributed by atoms with Gasteiger partial charge < -0.3 is 9.30 Å². The molecule has 5 aromatic rings. The van der Waals surface area contributed by atoms with Crippen LogP contribution in [0.4, 0.5) is 0 Å². The zero-order chi connectivity index (χ0) is 29.3. The third-order valence-corrected chi connectivity index (χ3v) is 9.33. The fourth-order valence-corrected chi connectivity index (χ4v) is 6.79. The monoisotopic (exact) mass is 690 g/mol. The standard InChI is InChI=1S/C37H44Br2N2O/c1-3-5-7-9-11-13-23-41-36-32-22-18-29(39)26-34(32)33-25-28(38)17-21-31(33)35(36)40-37(41)27-15-19-30(20-16-27)42-24-14-12-10-8-6-4-2/h15-22,25-26H,3-14,23-24H2,1-2H3. The first-order valence-corrected chi connectivity index (χ1v) is 17.6.